The van der Waals surface area contributed by atoms with Gasteiger partial charge in [0, 0.05) is 15.9 Å². The number of benzene rings is 1. The van der Waals surface area contributed by atoms with Crippen molar-refractivity contribution < 1.29 is 14.6 Å². The van der Waals surface area contributed by atoms with E-state index >= 15 is 0 Å². The third-order valence-corrected chi connectivity index (χ3v) is 3.17. The average molecular weight is 322 g/mol. The summed E-state index contributed by atoms with van der Waals surface area (Å²) in [6, 6.07) is 5.15. The zero-order valence-corrected chi connectivity index (χ0v) is 11.8. The summed E-state index contributed by atoms with van der Waals surface area (Å²) in [5.41, 5.74) is 0.721. The number of aliphatic hydroxyl groups is 1. The molecule has 17 heavy (non-hydrogen) atoms. The second kappa shape index (κ2) is 6.99. The van der Waals surface area contributed by atoms with Crippen LogP contribution in [0.2, 0.25) is 5.02 Å². The normalized spacial score (nSPS) is 12.2. The van der Waals surface area contributed by atoms with E-state index in [1.54, 1.807) is 25.1 Å². The van der Waals surface area contributed by atoms with Crippen molar-refractivity contribution in [3.05, 3.63) is 33.3 Å². The van der Waals surface area contributed by atoms with Crippen molar-refractivity contribution >= 4 is 33.5 Å². The molecular weight excluding hydrogens is 307 g/mol. The predicted octanol–water partition coefficient (Wildman–Crippen LogP) is 3.48. The molecule has 0 fully saturated rings. The maximum Gasteiger partial charge on any atom is 0.305 e. The first-order valence-electron chi connectivity index (χ1n) is 5.33. The maximum absolute atomic E-state index is 11.2. The Bertz CT molecular complexity index is 395. The summed E-state index contributed by atoms with van der Waals surface area (Å²) >= 11 is 9.13. The molecule has 0 aliphatic heterocycles. The van der Waals surface area contributed by atoms with E-state index in [0.29, 0.717) is 18.1 Å². The van der Waals surface area contributed by atoms with Crippen LogP contribution < -0.4 is 0 Å². The molecule has 0 amide bonds. The van der Waals surface area contributed by atoms with Crippen LogP contribution in [0.1, 0.15) is 31.4 Å². The second-order valence-corrected chi connectivity index (χ2v) is 4.82. The van der Waals surface area contributed by atoms with Crippen LogP contribution in [0.25, 0.3) is 0 Å². The van der Waals surface area contributed by atoms with Gasteiger partial charge in [0.1, 0.15) is 0 Å². The van der Waals surface area contributed by atoms with Gasteiger partial charge in [0.25, 0.3) is 0 Å². The van der Waals surface area contributed by atoms with Gasteiger partial charge < -0.3 is 9.84 Å². The van der Waals surface area contributed by atoms with Crippen molar-refractivity contribution in [1.82, 2.24) is 0 Å². The molecular formula is C12H14BrClO3. The molecule has 0 aliphatic rings. The molecule has 1 aromatic carbocycles. The number of ether oxygens (including phenoxy) is 1. The molecule has 0 bridgehead atoms. The van der Waals surface area contributed by atoms with Gasteiger partial charge in [-0.2, -0.15) is 0 Å². The highest BCUT2D eigenvalue weighted by molar-refractivity contribution is 9.10. The lowest BCUT2D eigenvalue weighted by Crippen LogP contribution is -2.07. The standard InChI is InChI=1S/C12H14BrClO3/c1-2-17-12(16)6-5-11(15)9-4-3-8(14)7-10(9)13/h3-4,7,11,15H,2,5-6H2,1H3. The molecule has 0 heterocycles. The van der Waals surface area contributed by atoms with Gasteiger partial charge in [-0.15, -0.1) is 0 Å². The van der Waals surface area contributed by atoms with Crippen LogP contribution in [0.5, 0.6) is 0 Å². The Hall–Kier alpha value is -0.580. The second-order valence-electron chi connectivity index (χ2n) is 3.53. The smallest absolute Gasteiger partial charge is 0.305 e. The minimum atomic E-state index is -0.703. The first-order valence-corrected chi connectivity index (χ1v) is 6.50. The highest BCUT2D eigenvalue weighted by Gasteiger charge is 2.13. The fraction of sp³-hybridized carbons (Fsp3) is 0.417. The lowest BCUT2D eigenvalue weighted by atomic mass is 10.1. The van der Waals surface area contributed by atoms with Crippen LogP contribution in [0, 0.1) is 0 Å². The molecule has 0 aliphatic carbocycles. The molecule has 0 saturated heterocycles. The fourth-order valence-corrected chi connectivity index (χ4v) is 2.36. The van der Waals surface area contributed by atoms with Crippen LogP contribution in [0.3, 0.4) is 0 Å². The monoisotopic (exact) mass is 320 g/mol. The summed E-state index contributed by atoms with van der Waals surface area (Å²) in [4.78, 5) is 11.2. The molecule has 5 heteroatoms. The third-order valence-electron chi connectivity index (χ3n) is 2.25. The first kappa shape index (κ1) is 14.5. The van der Waals surface area contributed by atoms with E-state index in [1.807, 2.05) is 0 Å². The lowest BCUT2D eigenvalue weighted by Gasteiger charge is -2.12. The summed E-state index contributed by atoms with van der Waals surface area (Å²) in [7, 11) is 0. The Morgan fingerprint density at radius 2 is 2.29 bits per heavy atom. The first-order chi connectivity index (χ1) is 8.04. The van der Waals surface area contributed by atoms with Gasteiger partial charge in [0.15, 0.2) is 0 Å². The van der Waals surface area contributed by atoms with Crippen molar-refractivity contribution in [3.63, 3.8) is 0 Å². The van der Waals surface area contributed by atoms with Gasteiger partial charge in [-0.3, -0.25) is 4.79 Å². The number of halogens is 2. The van der Waals surface area contributed by atoms with Crippen molar-refractivity contribution in [3.8, 4) is 0 Å². The van der Waals surface area contributed by atoms with E-state index in [4.69, 9.17) is 16.3 Å². The summed E-state index contributed by atoms with van der Waals surface area (Å²) in [6.45, 7) is 2.11. The van der Waals surface area contributed by atoms with Crippen LogP contribution in [-0.2, 0) is 9.53 Å². The van der Waals surface area contributed by atoms with E-state index in [9.17, 15) is 9.90 Å². The number of carbonyl (C=O) groups is 1. The molecule has 0 spiro atoms. The van der Waals surface area contributed by atoms with Gasteiger partial charge in [0.05, 0.1) is 12.7 Å². The fourth-order valence-electron chi connectivity index (χ4n) is 1.41. The van der Waals surface area contributed by atoms with Crippen LogP contribution in [-0.4, -0.2) is 17.7 Å². The Morgan fingerprint density at radius 3 is 2.88 bits per heavy atom. The minimum absolute atomic E-state index is 0.198. The predicted molar refractivity (Wildman–Crippen MR) is 70.0 cm³/mol. The summed E-state index contributed by atoms with van der Waals surface area (Å²) in [6.07, 6.45) is -0.172. The number of hydrogen-bond acceptors (Lipinski definition) is 3. The van der Waals surface area contributed by atoms with E-state index < -0.39 is 6.10 Å². The third kappa shape index (κ3) is 4.66. The topological polar surface area (TPSA) is 46.5 Å². The average Bonchev–Trinajstić information content (AvgIpc) is 2.26. The number of rotatable bonds is 5. The Kier molecular flexibility index (Phi) is 5.95. The Morgan fingerprint density at radius 1 is 1.59 bits per heavy atom. The minimum Gasteiger partial charge on any atom is -0.466 e. The van der Waals surface area contributed by atoms with Crippen molar-refractivity contribution in [1.29, 1.82) is 0 Å². The van der Waals surface area contributed by atoms with Gasteiger partial charge in [0.2, 0.25) is 0 Å². The number of carbonyl (C=O) groups excluding carboxylic acids is 1. The van der Waals surface area contributed by atoms with Gasteiger partial charge in [-0.05, 0) is 31.0 Å². The van der Waals surface area contributed by atoms with Crippen molar-refractivity contribution in [2.75, 3.05) is 6.61 Å². The highest BCUT2D eigenvalue weighted by atomic mass is 79.9. The Balaban J connectivity index is 2.57. The zero-order chi connectivity index (χ0) is 12.8. The molecule has 1 atom stereocenters. The van der Waals surface area contributed by atoms with Gasteiger partial charge in [-0.25, -0.2) is 0 Å². The molecule has 94 valence electrons. The molecule has 1 aromatic rings. The highest BCUT2D eigenvalue weighted by Crippen LogP contribution is 2.29. The largest absolute Gasteiger partial charge is 0.466 e. The number of esters is 1. The number of aliphatic hydroxyl groups excluding tert-OH is 1. The van der Waals surface area contributed by atoms with Crippen molar-refractivity contribution in [2.24, 2.45) is 0 Å². The van der Waals surface area contributed by atoms with Gasteiger partial charge >= 0.3 is 5.97 Å². The number of hydrogen-bond donors (Lipinski definition) is 1. The molecule has 1 N–H and O–H groups in total. The van der Waals surface area contributed by atoms with Crippen LogP contribution in [0.15, 0.2) is 22.7 Å². The van der Waals surface area contributed by atoms with Crippen molar-refractivity contribution in [2.45, 2.75) is 25.9 Å². The van der Waals surface area contributed by atoms with Crippen LogP contribution >= 0.6 is 27.5 Å². The maximum atomic E-state index is 11.2. The molecule has 3 nitrogen and oxygen atoms in total. The van der Waals surface area contributed by atoms with E-state index in [1.165, 1.54) is 0 Å². The van der Waals surface area contributed by atoms with E-state index in [-0.39, 0.29) is 12.4 Å². The summed E-state index contributed by atoms with van der Waals surface area (Å²) in [5, 5.41) is 10.5. The molecule has 1 unspecified atom stereocenters. The quantitative estimate of drug-likeness (QED) is 0.845. The zero-order valence-electron chi connectivity index (χ0n) is 9.45. The molecule has 0 radical (unpaired) electrons. The summed E-state index contributed by atoms with van der Waals surface area (Å²) < 4.78 is 5.53. The van der Waals surface area contributed by atoms with E-state index in [2.05, 4.69) is 15.9 Å². The SMILES string of the molecule is CCOC(=O)CCC(O)c1ccc(Cl)cc1Br. The summed E-state index contributed by atoms with van der Waals surface area (Å²) in [5.74, 6) is -0.295. The molecule has 0 saturated carbocycles. The van der Waals surface area contributed by atoms with Gasteiger partial charge in [-0.1, -0.05) is 33.6 Å². The molecule has 0 aromatic heterocycles. The Labute approximate surface area is 114 Å². The lowest BCUT2D eigenvalue weighted by molar-refractivity contribution is -0.143. The van der Waals surface area contributed by atoms with Crippen LogP contribution in [0.4, 0.5) is 0 Å². The van der Waals surface area contributed by atoms with E-state index in [0.717, 1.165) is 10.0 Å². The molecule has 1 rings (SSSR count).